The Bertz CT molecular complexity index is 296. The van der Waals surface area contributed by atoms with Crippen molar-refractivity contribution in [2.45, 2.75) is 32.4 Å². The molecule has 0 aliphatic heterocycles. The summed E-state index contributed by atoms with van der Waals surface area (Å²) >= 11 is 1.70. The molecule has 4 heteroatoms. The topological polar surface area (TPSA) is 36.4 Å². The van der Waals surface area contributed by atoms with E-state index >= 15 is 0 Å². The molecule has 0 bridgehead atoms. The third kappa shape index (κ3) is 2.53. The van der Waals surface area contributed by atoms with Crippen molar-refractivity contribution in [1.29, 1.82) is 0 Å². The van der Waals surface area contributed by atoms with Gasteiger partial charge in [0.2, 0.25) is 0 Å². The summed E-state index contributed by atoms with van der Waals surface area (Å²) in [5.74, 6) is 0. The first kappa shape index (κ1) is 10.1. The third-order valence-corrected chi connectivity index (χ3v) is 3.30. The zero-order valence-electron chi connectivity index (χ0n) is 8.44. The summed E-state index contributed by atoms with van der Waals surface area (Å²) in [6, 6.07) is 0.698. The van der Waals surface area contributed by atoms with Gasteiger partial charge in [-0.05, 0) is 19.8 Å². The van der Waals surface area contributed by atoms with Crippen LogP contribution in [0.1, 0.15) is 23.5 Å². The lowest BCUT2D eigenvalue weighted by Crippen LogP contribution is -2.28. The summed E-state index contributed by atoms with van der Waals surface area (Å²) in [5, 5.41) is 12.2. The maximum atomic E-state index is 8.94. The Kier molecular flexibility index (Phi) is 3.15. The van der Waals surface area contributed by atoms with Crippen LogP contribution in [-0.4, -0.2) is 34.2 Å². The fraction of sp³-hybridized carbons (Fsp3) is 0.700. The molecular weight excluding hydrogens is 196 g/mol. The molecule has 1 fully saturated rings. The number of rotatable bonds is 5. The SMILES string of the molecule is Cc1nc(CN(CCO)C2CC2)cs1. The Balaban J connectivity index is 1.92. The van der Waals surface area contributed by atoms with Crippen LogP contribution in [0.3, 0.4) is 0 Å². The number of aliphatic hydroxyl groups is 1. The van der Waals surface area contributed by atoms with Gasteiger partial charge in [-0.2, -0.15) is 0 Å². The Morgan fingerprint density at radius 3 is 2.93 bits per heavy atom. The molecule has 1 saturated carbocycles. The zero-order chi connectivity index (χ0) is 9.97. The molecule has 0 spiro atoms. The molecule has 0 radical (unpaired) electrons. The smallest absolute Gasteiger partial charge is 0.0897 e. The zero-order valence-corrected chi connectivity index (χ0v) is 9.26. The van der Waals surface area contributed by atoms with Gasteiger partial charge in [0.1, 0.15) is 0 Å². The van der Waals surface area contributed by atoms with Gasteiger partial charge in [0, 0.05) is 24.5 Å². The highest BCUT2D eigenvalue weighted by molar-refractivity contribution is 7.09. The largest absolute Gasteiger partial charge is 0.395 e. The second kappa shape index (κ2) is 4.38. The lowest BCUT2D eigenvalue weighted by atomic mass is 10.4. The van der Waals surface area contributed by atoms with Crippen LogP contribution in [0.5, 0.6) is 0 Å². The summed E-state index contributed by atoms with van der Waals surface area (Å²) in [7, 11) is 0. The first-order chi connectivity index (χ1) is 6.79. The number of thiazole rings is 1. The van der Waals surface area contributed by atoms with Crippen LogP contribution >= 0.6 is 11.3 Å². The number of nitrogens with zero attached hydrogens (tertiary/aromatic N) is 2. The van der Waals surface area contributed by atoms with E-state index in [4.69, 9.17) is 5.11 Å². The van der Waals surface area contributed by atoms with Crippen molar-refractivity contribution >= 4 is 11.3 Å². The minimum atomic E-state index is 0.250. The van der Waals surface area contributed by atoms with E-state index in [0.29, 0.717) is 6.04 Å². The van der Waals surface area contributed by atoms with E-state index in [1.807, 2.05) is 6.92 Å². The molecule has 0 amide bonds. The van der Waals surface area contributed by atoms with Gasteiger partial charge < -0.3 is 5.11 Å². The molecule has 2 rings (SSSR count). The molecule has 14 heavy (non-hydrogen) atoms. The van der Waals surface area contributed by atoms with Crippen molar-refractivity contribution in [2.24, 2.45) is 0 Å². The molecule has 3 nitrogen and oxygen atoms in total. The first-order valence-corrected chi connectivity index (χ1v) is 5.93. The van der Waals surface area contributed by atoms with E-state index in [9.17, 15) is 0 Å². The maximum Gasteiger partial charge on any atom is 0.0897 e. The monoisotopic (exact) mass is 212 g/mol. The molecule has 1 aromatic rings. The van der Waals surface area contributed by atoms with E-state index in [-0.39, 0.29) is 6.61 Å². The number of hydrogen-bond acceptors (Lipinski definition) is 4. The number of aliphatic hydroxyl groups excluding tert-OH is 1. The average Bonchev–Trinajstić information content (AvgIpc) is 2.91. The van der Waals surface area contributed by atoms with Crippen molar-refractivity contribution in [3.63, 3.8) is 0 Å². The summed E-state index contributed by atoms with van der Waals surface area (Å²) < 4.78 is 0. The van der Waals surface area contributed by atoms with Gasteiger partial charge in [0.25, 0.3) is 0 Å². The summed E-state index contributed by atoms with van der Waals surface area (Å²) in [5.41, 5.74) is 1.15. The fourth-order valence-electron chi connectivity index (χ4n) is 1.65. The van der Waals surface area contributed by atoms with Crippen LogP contribution in [0.2, 0.25) is 0 Å². The fourth-order valence-corrected chi connectivity index (χ4v) is 2.25. The molecule has 0 aromatic carbocycles. The molecule has 1 aliphatic rings. The molecule has 0 saturated heterocycles. The molecular formula is C10H16N2OS. The van der Waals surface area contributed by atoms with Crippen LogP contribution in [0.4, 0.5) is 0 Å². The summed E-state index contributed by atoms with van der Waals surface area (Å²) in [6.45, 7) is 3.96. The average molecular weight is 212 g/mol. The van der Waals surface area contributed by atoms with Gasteiger partial charge in [-0.15, -0.1) is 11.3 Å². The van der Waals surface area contributed by atoms with Gasteiger partial charge in [0.15, 0.2) is 0 Å². The highest BCUT2D eigenvalue weighted by Gasteiger charge is 2.28. The number of aromatic nitrogens is 1. The predicted octanol–water partition coefficient (Wildman–Crippen LogP) is 1.41. The lowest BCUT2D eigenvalue weighted by molar-refractivity contribution is 0.182. The van der Waals surface area contributed by atoms with E-state index in [1.165, 1.54) is 12.8 Å². The van der Waals surface area contributed by atoms with Crippen molar-refractivity contribution in [3.05, 3.63) is 16.1 Å². The minimum absolute atomic E-state index is 0.250. The lowest BCUT2D eigenvalue weighted by Gasteiger charge is -2.19. The molecule has 1 heterocycles. The number of hydrogen-bond donors (Lipinski definition) is 1. The van der Waals surface area contributed by atoms with E-state index in [2.05, 4.69) is 15.3 Å². The summed E-state index contributed by atoms with van der Waals surface area (Å²) in [4.78, 5) is 6.77. The van der Waals surface area contributed by atoms with Gasteiger partial charge in [-0.1, -0.05) is 0 Å². The standard InChI is InChI=1S/C10H16N2OS/c1-8-11-9(7-14-8)6-12(4-5-13)10-2-3-10/h7,10,13H,2-6H2,1H3. The molecule has 1 aliphatic carbocycles. The van der Waals surface area contributed by atoms with Gasteiger partial charge in [-0.25, -0.2) is 4.98 Å². The van der Waals surface area contributed by atoms with Crippen LogP contribution in [-0.2, 0) is 6.54 Å². The number of aryl methyl sites for hydroxylation is 1. The Morgan fingerprint density at radius 2 is 2.43 bits per heavy atom. The van der Waals surface area contributed by atoms with Crippen LogP contribution in [0, 0.1) is 6.92 Å². The van der Waals surface area contributed by atoms with Crippen molar-refractivity contribution in [2.75, 3.05) is 13.2 Å². The predicted molar refractivity (Wildman–Crippen MR) is 57.4 cm³/mol. The van der Waals surface area contributed by atoms with E-state index < -0.39 is 0 Å². The minimum Gasteiger partial charge on any atom is -0.395 e. The van der Waals surface area contributed by atoms with Gasteiger partial charge >= 0.3 is 0 Å². The second-order valence-electron chi connectivity index (χ2n) is 3.78. The normalized spacial score (nSPS) is 16.5. The van der Waals surface area contributed by atoms with E-state index in [0.717, 1.165) is 23.8 Å². The molecule has 0 unspecified atom stereocenters. The van der Waals surface area contributed by atoms with E-state index in [1.54, 1.807) is 11.3 Å². The Morgan fingerprint density at radius 1 is 1.64 bits per heavy atom. The molecule has 1 aromatic heterocycles. The Hall–Kier alpha value is -0.450. The maximum absolute atomic E-state index is 8.94. The summed E-state index contributed by atoms with van der Waals surface area (Å²) in [6.07, 6.45) is 2.56. The van der Waals surface area contributed by atoms with Crippen LogP contribution < -0.4 is 0 Å². The van der Waals surface area contributed by atoms with Crippen LogP contribution in [0.25, 0.3) is 0 Å². The van der Waals surface area contributed by atoms with Gasteiger partial charge in [0.05, 0.1) is 17.3 Å². The molecule has 78 valence electrons. The van der Waals surface area contributed by atoms with Crippen molar-refractivity contribution in [1.82, 2.24) is 9.88 Å². The van der Waals surface area contributed by atoms with Gasteiger partial charge in [-0.3, -0.25) is 4.90 Å². The van der Waals surface area contributed by atoms with Crippen LogP contribution in [0.15, 0.2) is 5.38 Å². The van der Waals surface area contributed by atoms with Crippen molar-refractivity contribution < 1.29 is 5.11 Å². The highest BCUT2D eigenvalue weighted by atomic mass is 32.1. The third-order valence-electron chi connectivity index (χ3n) is 2.48. The molecule has 0 atom stereocenters. The van der Waals surface area contributed by atoms with Crippen molar-refractivity contribution in [3.8, 4) is 0 Å². The first-order valence-electron chi connectivity index (χ1n) is 5.05. The Labute approximate surface area is 88.4 Å². The molecule has 1 N–H and O–H groups in total. The quantitative estimate of drug-likeness (QED) is 0.801. The highest BCUT2D eigenvalue weighted by Crippen LogP contribution is 2.28. The second-order valence-corrected chi connectivity index (χ2v) is 4.85.